The van der Waals surface area contributed by atoms with E-state index in [9.17, 15) is 0 Å². The Hall–Kier alpha value is -0.940. The van der Waals surface area contributed by atoms with E-state index in [1.54, 1.807) is 0 Å². The van der Waals surface area contributed by atoms with Gasteiger partial charge in [0.2, 0.25) is 0 Å². The second-order valence-corrected chi connectivity index (χ2v) is 6.47. The van der Waals surface area contributed by atoms with Gasteiger partial charge >= 0.3 is 0 Å². The number of piperidine rings is 1. The molecule has 0 amide bonds. The lowest BCUT2D eigenvalue weighted by molar-refractivity contribution is 0.132. The first-order valence-corrected chi connectivity index (χ1v) is 8.74. The van der Waals surface area contributed by atoms with E-state index < -0.39 is 0 Å². The molecule has 1 aromatic heterocycles. The fourth-order valence-corrected chi connectivity index (χ4v) is 3.61. The average Bonchev–Trinajstić information content (AvgIpc) is 2.93. The summed E-state index contributed by atoms with van der Waals surface area (Å²) < 4.78 is 2.37. The van der Waals surface area contributed by atoms with E-state index in [1.807, 2.05) is 0 Å². The highest BCUT2D eigenvalue weighted by Gasteiger charge is 2.25. The summed E-state index contributed by atoms with van der Waals surface area (Å²) in [5.74, 6) is 2.39. The molecule has 5 nitrogen and oxygen atoms in total. The van der Waals surface area contributed by atoms with Gasteiger partial charge in [-0.1, -0.05) is 13.3 Å². The van der Waals surface area contributed by atoms with Crippen LogP contribution in [-0.4, -0.2) is 45.3 Å². The Bertz CT molecular complexity index is 442. The Morgan fingerprint density at radius 3 is 2.95 bits per heavy atom. The number of hydrogen-bond acceptors (Lipinski definition) is 4. The summed E-state index contributed by atoms with van der Waals surface area (Å²) in [6.07, 6.45) is 8.87. The number of aromatic nitrogens is 3. The number of nitrogens with zero attached hydrogens (tertiary/aromatic N) is 4. The first-order chi connectivity index (χ1) is 10.4. The molecule has 1 aromatic rings. The minimum absolute atomic E-state index is 0.668. The van der Waals surface area contributed by atoms with Gasteiger partial charge in [0, 0.05) is 25.6 Å². The van der Waals surface area contributed by atoms with Gasteiger partial charge < -0.3 is 9.88 Å². The van der Waals surface area contributed by atoms with Crippen molar-refractivity contribution in [3.05, 3.63) is 11.6 Å². The summed E-state index contributed by atoms with van der Waals surface area (Å²) >= 11 is 0. The van der Waals surface area contributed by atoms with Crippen LogP contribution in [-0.2, 0) is 19.5 Å². The summed E-state index contributed by atoms with van der Waals surface area (Å²) in [5.41, 5.74) is 0. The van der Waals surface area contributed by atoms with Gasteiger partial charge in [-0.25, -0.2) is 0 Å². The van der Waals surface area contributed by atoms with E-state index in [-0.39, 0.29) is 0 Å². The average molecular weight is 291 g/mol. The lowest BCUT2D eigenvalue weighted by Crippen LogP contribution is -2.45. The number of hydrogen-bond donors (Lipinski definition) is 1. The van der Waals surface area contributed by atoms with Gasteiger partial charge in [0.1, 0.15) is 11.6 Å². The first kappa shape index (κ1) is 15.0. The predicted octanol–water partition coefficient (Wildman–Crippen LogP) is 1.97. The Morgan fingerprint density at radius 2 is 2.05 bits per heavy atom. The van der Waals surface area contributed by atoms with Crippen LogP contribution in [0.25, 0.3) is 0 Å². The van der Waals surface area contributed by atoms with E-state index in [0.717, 1.165) is 32.6 Å². The minimum atomic E-state index is 0.668. The highest BCUT2D eigenvalue weighted by molar-refractivity contribution is 4.99. The second-order valence-electron chi connectivity index (χ2n) is 6.47. The highest BCUT2D eigenvalue weighted by atomic mass is 15.3. The van der Waals surface area contributed by atoms with Gasteiger partial charge in [-0.3, -0.25) is 4.90 Å². The number of aryl methyl sites for hydroxylation is 1. The van der Waals surface area contributed by atoms with Gasteiger partial charge in [-0.2, -0.15) is 0 Å². The zero-order valence-corrected chi connectivity index (χ0v) is 13.4. The molecular weight excluding hydrogens is 262 g/mol. The van der Waals surface area contributed by atoms with E-state index in [0.29, 0.717) is 6.04 Å². The van der Waals surface area contributed by atoms with Gasteiger partial charge in [0.15, 0.2) is 0 Å². The lowest BCUT2D eigenvalue weighted by atomic mass is 10.0. The van der Waals surface area contributed by atoms with Crippen LogP contribution in [0.15, 0.2) is 0 Å². The molecule has 1 fully saturated rings. The molecule has 21 heavy (non-hydrogen) atoms. The Kier molecular flexibility index (Phi) is 5.25. The number of likely N-dealkylation sites (tertiary alicyclic amines) is 1. The number of fused-ring (bicyclic) bond motifs is 1. The van der Waals surface area contributed by atoms with Crippen molar-refractivity contribution in [3.8, 4) is 0 Å². The van der Waals surface area contributed by atoms with Crippen molar-refractivity contribution in [3.63, 3.8) is 0 Å². The third-order valence-corrected chi connectivity index (χ3v) is 4.84. The molecule has 5 heteroatoms. The molecule has 1 atom stereocenters. The van der Waals surface area contributed by atoms with E-state index in [2.05, 4.69) is 31.9 Å². The molecule has 0 saturated carbocycles. The van der Waals surface area contributed by atoms with Crippen molar-refractivity contribution in [2.45, 2.75) is 71.0 Å². The largest absolute Gasteiger partial charge is 0.315 e. The van der Waals surface area contributed by atoms with Crippen LogP contribution in [0.3, 0.4) is 0 Å². The normalized spacial score (nSPS) is 23.2. The van der Waals surface area contributed by atoms with Crippen molar-refractivity contribution in [1.82, 2.24) is 25.0 Å². The monoisotopic (exact) mass is 291 g/mol. The third kappa shape index (κ3) is 3.64. The van der Waals surface area contributed by atoms with Crippen LogP contribution < -0.4 is 5.32 Å². The van der Waals surface area contributed by atoms with Crippen molar-refractivity contribution >= 4 is 0 Å². The van der Waals surface area contributed by atoms with Crippen molar-refractivity contribution < 1.29 is 0 Å². The second kappa shape index (κ2) is 7.36. The maximum atomic E-state index is 4.47. The quantitative estimate of drug-likeness (QED) is 0.814. The van der Waals surface area contributed by atoms with Gasteiger partial charge in [0.25, 0.3) is 0 Å². The van der Waals surface area contributed by atoms with E-state index >= 15 is 0 Å². The van der Waals surface area contributed by atoms with E-state index in [4.69, 9.17) is 0 Å². The molecule has 3 rings (SSSR count). The highest BCUT2D eigenvalue weighted by Crippen LogP contribution is 2.21. The molecule has 1 saturated heterocycles. The molecule has 0 aromatic carbocycles. The molecule has 1 N–H and O–H groups in total. The van der Waals surface area contributed by atoms with Crippen LogP contribution in [0.4, 0.5) is 0 Å². The van der Waals surface area contributed by atoms with Gasteiger partial charge in [-0.15, -0.1) is 10.2 Å². The summed E-state index contributed by atoms with van der Waals surface area (Å²) in [6, 6.07) is 0.668. The molecule has 0 spiro atoms. The van der Waals surface area contributed by atoms with Crippen LogP contribution in [0.5, 0.6) is 0 Å². The summed E-state index contributed by atoms with van der Waals surface area (Å²) in [4.78, 5) is 2.62. The smallest absolute Gasteiger partial charge is 0.147 e. The molecule has 2 aliphatic rings. The molecule has 118 valence electrons. The van der Waals surface area contributed by atoms with Crippen molar-refractivity contribution in [1.29, 1.82) is 0 Å². The Morgan fingerprint density at radius 1 is 1.14 bits per heavy atom. The van der Waals surface area contributed by atoms with Crippen LogP contribution >= 0.6 is 0 Å². The van der Waals surface area contributed by atoms with Crippen molar-refractivity contribution in [2.24, 2.45) is 0 Å². The fourth-order valence-electron chi connectivity index (χ4n) is 3.61. The fraction of sp³-hybridized carbons (Fsp3) is 0.875. The Balaban J connectivity index is 1.62. The van der Waals surface area contributed by atoms with Crippen LogP contribution in [0, 0.1) is 0 Å². The van der Waals surface area contributed by atoms with Gasteiger partial charge in [0.05, 0.1) is 6.54 Å². The first-order valence-electron chi connectivity index (χ1n) is 8.74. The van der Waals surface area contributed by atoms with Crippen LogP contribution in [0.2, 0.25) is 0 Å². The zero-order chi connectivity index (χ0) is 14.5. The molecule has 0 aliphatic carbocycles. The number of nitrogens with one attached hydrogen (secondary N) is 1. The molecule has 3 heterocycles. The van der Waals surface area contributed by atoms with Gasteiger partial charge in [-0.05, 0) is 45.2 Å². The standard InChI is InChI=1S/C16H29N5/c1-2-9-17-12-14-7-3-5-10-20(14)13-16-19-18-15-8-4-6-11-21(15)16/h14,17H,2-13H2,1H3. The molecule has 0 bridgehead atoms. The topological polar surface area (TPSA) is 46.0 Å². The zero-order valence-electron chi connectivity index (χ0n) is 13.4. The third-order valence-electron chi connectivity index (χ3n) is 4.84. The summed E-state index contributed by atoms with van der Waals surface area (Å²) in [7, 11) is 0. The number of rotatable bonds is 6. The maximum absolute atomic E-state index is 4.47. The molecule has 0 radical (unpaired) electrons. The molecular formula is C16H29N5. The maximum Gasteiger partial charge on any atom is 0.147 e. The molecule has 1 unspecified atom stereocenters. The molecule has 2 aliphatic heterocycles. The Labute approximate surface area is 128 Å². The minimum Gasteiger partial charge on any atom is -0.315 e. The lowest BCUT2D eigenvalue weighted by Gasteiger charge is -2.35. The van der Waals surface area contributed by atoms with Crippen LogP contribution in [0.1, 0.15) is 57.1 Å². The van der Waals surface area contributed by atoms with E-state index in [1.165, 1.54) is 56.7 Å². The van der Waals surface area contributed by atoms with Crippen molar-refractivity contribution in [2.75, 3.05) is 19.6 Å². The predicted molar refractivity (Wildman–Crippen MR) is 84.2 cm³/mol. The summed E-state index contributed by atoms with van der Waals surface area (Å²) in [6.45, 7) is 7.78. The summed E-state index contributed by atoms with van der Waals surface area (Å²) in [5, 5.41) is 12.5. The SMILES string of the molecule is CCCNCC1CCCCN1Cc1nnc2n1CCCC2.